The van der Waals surface area contributed by atoms with E-state index in [0.29, 0.717) is 5.17 Å². The maximum absolute atomic E-state index is 7.00. The second kappa shape index (κ2) is 13.4. The second-order valence-electron chi connectivity index (χ2n) is 4.37. The second-order valence-corrected chi connectivity index (χ2v) is 5.36. The summed E-state index contributed by atoms with van der Waals surface area (Å²) in [6.07, 6.45) is 3.64. The number of hydrogen-bond donors (Lipinski definition) is 3. The molecule has 4 nitrogen and oxygen atoms in total. The molecule has 0 fully saturated rings. The van der Waals surface area contributed by atoms with Gasteiger partial charge in [-0.05, 0) is 23.3 Å². The van der Waals surface area contributed by atoms with Crippen LogP contribution in [0.25, 0.3) is 6.08 Å². The van der Waals surface area contributed by atoms with Gasteiger partial charge in [-0.2, -0.15) is 0 Å². The number of nitrogens with zero attached hydrogens (tertiary/aromatic N) is 1. The van der Waals surface area contributed by atoms with E-state index >= 15 is 0 Å². The zero-order valence-electron chi connectivity index (χ0n) is 13.5. The minimum absolute atomic E-state index is 0. The molecule has 0 aliphatic rings. The first-order valence-corrected chi connectivity index (χ1v) is 8.02. The molecular formula is C18H22ClN3OS. The summed E-state index contributed by atoms with van der Waals surface area (Å²) < 4.78 is 0. The van der Waals surface area contributed by atoms with Gasteiger partial charge < -0.3 is 23.2 Å². The van der Waals surface area contributed by atoms with Gasteiger partial charge in [-0.25, -0.2) is 0 Å². The van der Waals surface area contributed by atoms with Crippen molar-refractivity contribution in [1.82, 2.24) is 0 Å². The third-order valence-corrected chi connectivity index (χ3v) is 3.67. The summed E-state index contributed by atoms with van der Waals surface area (Å²) in [6, 6.07) is 18.1. The molecule has 0 aromatic heterocycles. The van der Waals surface area contributed by atoms with Crippen molar-refractivity contribution in [1.29, 1.82) is 0 Å². The lowest BCUT2D eigenvalue weighted by Crippen LogP contribution is -3.00. The van der Waals surface area contributed by atoms with E-state index < -0.39 is 0 Å². The summed E-state index contributed by atoms with van der Waals surface area (Å²) in [5.74, 6) is 0.791. The average molecular weight is 364 g/mol. The van der Waals surface area contributed by atoms with Gasteiger partial charge in [-0.15, -0.1) is 5.10 Å². The Labute approximate surface area is 153 Å². The highest BCUT2D eigenvalue weighted by Gasteiger charge is 1.99. The minimum atomic E-state index is 0. The highest BCUT2D eigenvalue weighted by atomic mass is 35.5. The minimum Gasteiger partial charge on any atom is -1.00 e. The van der Waals surface area contributed by atoms with E-state index in [9.17, 15) is 0 Å². The molecule has 0 bridgehead atoms. The monoisotopic (exact) mass is 363 g/mol. The Kier molecular flexibility index (Phi) is 12.2. The number of aliphatic hydroxyl groups excluding tert-OH is 1. The number of amidine groups is 1. The number of aliphatic hydroxyl groups is 1. The van der Waals surface area contributed by atoms with Crippen LogP contribution >= 0.6 is 11.8 Å². The molecule has 0 unspecified atom stereocenters. The van der Waals surface area contributed by atoms with E-state index in [4.69, 9.17) is 10.8 Å². The zero-order valence-corrected chi connectivity index (χ0v) is 15.1. The fourth-order valence-corrected chi connectivity index (χ4v) is 2.28. The van der Waals surface area contributed by atoms with Crippen molar-refractivity contribution in [3.8, 4) is 0 Å². The largest absolute Gasteiger partial charge is 1.00 e. The van der Waals surface area contributed by atoms with E-state index in [2.05, 4.69) is 28.9 Å². The third-order valence-electron chi connectivity index (χ3n) is 2.81. The number of hydrogen-bond acceptors (Lipinski definition) is 3. The SMILES string of the molecule is C=Cc1ccc(CS/C(N)=N/[NH+]=C/c2ccccc2)cc1.CO.[Cl-]. The molecular weight excluding hydrogens is 342 g/mol. The number of nitrogens with two attached hydrogens (primary N) is 1. The van der Waals surface area contributed by atoms with E-state index in [1.54, 1.807) is 0 Å². The number of halogens is 1. The smallest absolute Gasteiger partial charge is 0.226 e. The quantitative estimate of drug-likeness (QED) is 0.348. The molecule has 0 spiro atoms. The predicted molar refractivity (Wildman–Crippen MR) is 100 cm³/mol. The average Bonchev–Trinajstić information content (AvgIpc) is 2.63. The first-order valence-electron chi connectivity index (χ1n) is 7.04. The molecule has 4 N–H and O–H groups in total. The molecule has 0 aliphatic carbocycles. The van der Waals surface area contributed by atoms with Gasteiger partial charge in [0.25, 0.3) is 0 Å². The van der Waals surface area contributed by atoms with Gasteiger partial charge in [0, 0.05) is 23.5 Å². The van der Waals surface area contributed by atoms with Gasteiger partial charge in [0.05, 0.1) is 0 Å². The lowest BCUT2D eigenvalue weighted by Gasteiger charge is -1.99. The molecule has 0 aliphatic heterocycles. The van der Waals surface area contributed by atoms with Gasteiger partial charge in [-0.3, -0.25) is 0 Å². The number of hydrazone groups is 1. The summed E-state index contributed by atoms with van der Waals surface area (Å²) in [5, 5.41) is 14.5. The summed E-state index contributed by atoms with van der Waals surface area (Å²) in [7, 11) is 1.00. The Bertz CT molecular complexity index is 643. The van der Waals surface area contributed by atoms with Gasteiger partial charge in [0.2, 0.25) is 11.4 Å². The van der Waals surface area contributed by atoms with Gasteiger partial charge >= 0.3 is 0 Å². The van der Waals surface area contributed by atoms with Gasteiger partial charge in [0.1, 0.15) is 0 Å². The molecule has 0 amide bonds. The molecule has 0 heterocycles. The fraction of sp³-hybridized carbons (Fsp3) is 0.111. The molecule has 2 rings (SSSR count). The van der Waals surface area contributed by atoms with E-state index in [1.807, 2.05) is 54.8 Å². The predicted octanol–water partition coefficient (Wildman–Crippen LogP) is -1.40. The molecule has 0 saturated heterocycles. The molecule has 24 heavy (non-hydrogen) atoms. The van der Waals surface area contributed by atoms with Crippen LogP contribution < -0.4 is 23.2 Å². The zero-order chi connectivity index (χ0) is 16.9. The summed E-state index contributed by atoms with van der Waals surface area (Å²) in [4.78, 5) is 0. The summed E-state index contributed by atoms with van der Waals surface area (Å²) >= 11 is 1.50. The van der Waals surface area contributed by atoms with Crippen LogP contribution in [0.1, 0.15) is 16.7 Å². The summed E-state index contributed by atoms with van der Waals surface area (Å²) in [6.45, 7) is 3.74. The molecule has 6 heteroatoms. The van der Waals surface area contributed by atoms with Crippen molar-refractivity contribution < 1.29 is 22.6 Å². The first-order chi connectivity index (χ1) is 11.3. The molecule has 2 aromatic carbocycles. The fourth-order valence-electron chi connectivity index (χ4n) is 1.66. The third kappa shape index (κ3) is 8.53. The highest BCUT2D eigenvalue weighted by Crippen LogP contribution is 2.13. The Morgan fingerprint density at radius 2 is 1.75 bits per heavy atom. The Morgan fingerprint density at radius 3 is 2.33 bits per heavy atom. The van der Waals surface area contributed by atoms with Crippen LogP contribution in [0.4, 0.5) is 0 Å². The lowest BCUT2D eigenvalue weighted by atomic mass is 10.1. The highest BCUT2D eigenvalue weighted by molar-refractivity contribution is 8.13. The number of benzene rings is 2. The van der Waals surface area contributed by atoms with Crippen LogP contribution in [0.3, 0.4) is 0 Å². The molecule has 128 valence electrons. The van der Waals surface area contributed by atoms with Crippen LogP contribution in [-0.4, -0.2) is 23.6 Å². The van der Waals surface area contributed by atoms with Crippen molar-refractivity contribution in [3.05, 3.63) is 77.9 Å². The van der Waals surface area contributed by atoms with Crippen LogP contribution in [-0.2, 0) is 5.75 Å². The van der Waals surface area contributed by atoms with Crippen molar-refractivity contribution >= 4 is 29.2 Å². The van der Waals surface area contributed by atoms with Gasteiger partial charge in [-0.1, -0.05) is 66.9 Å². The standard InChI is InChI=1S/C17H17N3S.CH4O.ClH/c1-2-14-8-10-16(11-9-14)13-21-17(18)20-19-12-15-6-4-3-5-7-15;1-2;/h2-12H,1,13H2,(H2,18,20);2H,1H3;1H/b19-12+;;. The molecule has 0 saturated carbocycles. The van der Waals surface area contributed by atoms with Crippen LogP contribution in [0.2, 0.25) is 0 Å². The normalized spacial score (nSPS) is 10.5. The van der Waals surface area contributed by atoms with Crippen LogP contribution in [0.5, 0.6) is 0 Å². The van der Waals surface area contributed by atoms with E-state index in [-0.39, 0.29) is 12.4 Å². The Balaban J connectivity index is 0.00000170. The lowest BCUT2D eigenvalue weighted by molar-refractivity contribution is -0.456. The summed E-state index contributed by atoms with van der Waals surface area (Å²) in [5.41, 5.74) is 9.23. The molecule has 0 atom stereocenters. The van der Waals surface area contributed by atoms with E-state index in [0.717, 1.165) is 24.0 Å². The van der Waals surface area contributed by atoms with Crippen molar-refractivity contribution in [3.63, 3.8) is 0 Å². The Morgan fingerprint density at radius 1 is 1.12 bits per heavy atom. The maximum atomic E-state index is 7.00. The van der Waals surface area contributed by atoms with Crippen molar-refractivity contribution in [2.75, 3.05) is 7.11 Å². The molecule has 2 aromatic rings. The topological polar surface area (TPSA) is 72.6 Å². The molecule has 0 radical (unpaired) electrons. The van der Waals surface area contributed by atoms with E-state index in [1.165, 1.54) is 17.3 Å². The van der Waals surface area contributed by atoms with Gasteiger partial charge in [0.15, 0.2) is 0 Å². The number of rotatable bonds is 5. The van der Waals surface area contributed by atoms with Crippen molar-refractivity contribution in [2.24, 2.45) is 10.8 Å². The first kappa shape index (κ1) is 21.9. The van der Waals surface area contributed by atoms with Crippen molar-refractivity contribution in [2.45, 2.75) is 5.75 Å². The van der Waals surface area contributed by atoms with Crippen LogP contribution in [0.15, 0.2) is 66.3 Å². The van der Waals surface area contributed by atoms with Crippen LogP contribution in [0, 0.1) is 0 Å². The Hall–Kier alpha value is -2.08. The number of thioether (sulfide) groups is 1. The number of nitrogens with one attached hydrogen (secondary N) is 1. The maximum Gasteiger partial charge on any atom is 0.226 e.